The third-order valence-electron chi connectivity index (χ3n) is 9.99. The van der Waals surface area contributed by atoms with Crippen molar-refractivity contribution in [3.05, 3.63) is 83.6 Å². The number of imidazole rings is 1. The molecular formula is C40H51FN5O7P. The molecule has 2 fully saturated rings. The van der Waals surface area contributed by atoms with Crippen molar-refractivity contribution in [2.75, 3.05) is 6.54 Å². The van der Waals surface area contributed by atoms with Gasteiger partial charge in [-0.15, -0.1) is 0 Å². The van der Waals surface area contributed by atoms with Crippen LogP contribution in [0.25, 0.3) is 11.2 Å². The zero-order valence-electron chi connectivity index (χ0n) is 31.9. The Balaban J connectivity index is 1.40. The Bertz CT molecular complexity index is 2000. The number of hydrogen-bond acceptors (Lipinski definition) is 9. The van der Waals surface area contributed by atoms with Gasteiger partial charge in [0.25, 0.3) is 5.91 Å². The number of aromatic nitrogens is 3. The average molecular weight is 764 g/mol. The molecule has 1 saturated carbocycles. The quantitative estimate of drug-likeness (QED) is 0.0983. The van der Waals surface area contributed by atoms with Crippen LogP contribution in [0.4, 0.5) is 4.39 Å². The van der Waals surface area contributed by atoms with Crippen LogP contribution in [0.5, 0.6) is 11.5 Å². The summed E-state index contributed by atoms with van der Waals surface area (Å²) < 4.78 is 54.4. The number of amides is 1. The second-order valence-electron chi connectivity index (χ2n) is 14.9. The van der Waals surface area contributed by atoms with Crippen molar-refractivity contribution in [2.45, 2.75) is 123 Å². The fourth-order valence-electron chi connectivity index (χ4n) is 7.47. The Morgan fingerprint density at radius 1 is 0.981 bits per heavy atom. The van der Waals surface area contributed by atoms with E-state index < -0.39 is 43.9 Å². The number of ether oxygens (including phenoxy) is 2. The van der Waals surface area contributed by atoms with Crippen molar-refractivity contribution in [3.63, 3.8) is 0 Å². The van der Waals surface area contributed by atoms with Crippen molar-refractivity contribution >= 4 is 30.8 Å². The van der Waals surface area contributed by atoms with Gasteiger partial charge in [-0.05, 0) is 109 Å². The number of carbonyl (C=O) groups is 2. The molecule has 3 heterocycles. The summed E-state index contributed by atoms with van der Waals surface area (Å²) in [6.07, 6.45) is 6.98. The van der Waals surface area contributed by atoms with Gasteiger partial charge in [0.2, 0.25) is 0 Å². The van der Waals surface area contributed by atoms with E-state index in [-0.39, 0.29) is 34.8 Å². The number of para-hydroxylation sites is 1. The number of benzene rings is 2. The standard InChI is InChI=1S/C40H51FN5O7P/c1-26(2)51-32-18-19-33(29-14-10-11-15-29)34(23-32)37(47)46-21-13-12-20-40(46,6)39-43-36-35(22-30(41)24-42-36)45(39)25-50-54(49,53-31-16-8-7-9-17-31)44-28(5)38(48)52-27(3)4/h7-9,16-19,22-24,26-29H,10-15,20-21,25H2,1-6H3,(H,44,49)/t28-,40-,54+/m0/s1. The SMILES string of the molecule is CC(C)OC(=O)[C@H](C)N[P@@](=O)(OCn1c([C@]2(C)CCCCN2C(=O)c2cc(OC(C)C)ccc2C2CCCC2)nc2ncc(F)cc21)Oc1ccccc1. The summed E-state index contributed by atoms with van der Waals surface area (Å²) in [6, 6.07) is 14.5. The summed E-state index contributed by atoms with van der Waals surface area (Å²) >= 11 is 0. The Kier molecular flexibility index (Phi) is 12.1. The van der Waals surface area contributed by atoms with E-state index in [0.717, 1.165) is 50.3 Å². The number of carbonyl (C=O) groups excluding carboxylic acids is 2. The first-order chi connectivity index (χ1) is 25.8. The first kappa shape index (κ1) is 39.4. The summed E-state index contributed by atoms with van der Waals surface area (Å²) in [5.74, 6) is 0.121. The van der Waals surface area contributed by atoms with Crippen molar-refractivity contribution in [1.29, 1.82) is 0 Å². The normalized spacial score (nSPS) is 19.6. The number of nitrogens with zero attached hydrogens (tertiary/aromatic N) is 4. The van der Waals surface area contributed by atoms with Crippen molar-refractivity contribution in [1.82, 2.24) is 24.5 Å². The second-order valence-corrected chi connectivity index (χ2v) is 16.6. The molecule has 12 nitrogen and oxygen atoms in total. The van der Waals surface area contributed by atoms with E-state index in [1.165, 1.54) is 13.0 Å². The molecule has 54 heavy (non-hydrogen) atoms. The van der Waals surface area contributed by atoms with Gasteiger partial charge in [0.15, 0.2) is 5.65 Å². The minimum Gasteiger partial charge on any atom is -0.491 e. The van der Waals surface area contributed by atoms with E-state index in [1.54, 1.807) is 48.7 Å². The summed E-state index contributed by atoms with van der Waals surface area (Å²) in [6.45, 7) is 10.8. The van der Waals surface area contributed by atoms with Gasteiger partial charge in [0.05, 0.1) is 29.5 Å². The Morgan fingerprint density at radius 3 is 2.43 bits per heavy atom. The number of halogens is 1. The number of pyridine rings is 1. The highest BCUT2D eigenvalue weighted by molar-refractivity contribution is 7.52. The number of likely N-dealkylation sites (tertiary alicyclic amines) is 1. The summed E-state index contributed by atoms with van der Waals surface area (Å²) in [7, 11) is -4.33. The van der Waals surface area contributed by atoms with Gasteiger partial charge in [-0.3, -0.25) is 18.7 Å². The van der Waals surface area contributed by atoms with Crippen LogP contribution in [0.15, 0.2) is 60.8 Å². The maximum Gasteiger partial charge on any atom is 0.461 e. The highest BCUT2D eigenvalue weighted by Gasteiger charge is 2.45. The maximum absolute atomic E-state index is 15.0. The van der Waals surface area contributed by atoms with Crippen LogP contribution in [-0.4, -0.2) is 56.1 Å². The highest BCUT2D eigenvalue weighted by atomic mass is 31.2. The van der Waals surface area contributed by atoms with E-state index in [9.17, 15) is 18.5 Å². The van der Waals surface area contributed by atoms with Crippen LogP contribution in [0, 0.1) is 5.82 Å². The van der Waals surface area contributed by atoms with Gasteiger partial charge < -0.3 is 18.9 Å². The van der Waals surface area contributed by atoms with Crippen molar-refractivity contribution < 1.29 is 37.1 Å². The Morgan fingerprint density at radius 2 is 1.72 bits per heavy atom. The number of esters is 1. The van der Waals surface area contributed by atoms with Crippen LogP contribution in [0.3, 0.4) is 0 Å². The van der Waals surface area contributed by atoms with Crippen LogP contribution in [-0.2, 0) is 30.9 Å². The number of nitrogens with one attached hydrogen (secondary N) is 1. The van der Waals surface area contributed by atoms with Gasteiger partial charge >= 0.3 is 13.7 Å². The van der Waals surface area contributed by atoms with E-state index >= 15 is 0 Å². The molecule has 1 amide bonds. The second kappa shape index (κ2) is 16.6. The molecule has 0 bridgehead atoms. The molecule has 2 aromatic heterocycles. The maximum atomic E-state index is 15.0. The van der Waals surface area contributed by atoms with Gasteiger partial charge in [-0.25, -0.2) is 18.9 Å². The molecule has 0 radical (unpaired) electrons. The molecule has 1 aliphatic carbocycles. The molecule has 1 aliphatic heterocycles. The van der Waals surface area contributed by atoms with Crippen LogP contribution < -0.4 is 14.3 Å². The topological polar surface area (TPSA) is 134 Å². The highest BCUT2D eigenvalue weighted by Crippen LogP contribution is 2.47. The molecule has 4 aromatic rings. The van der Waals surface area contributed by atoms with Gasteiger partial charge in [-0.2, -0.15) is 5.09 Å². The zero-order chi connectivity index (χ0) is 38.6. The first-order valence-corrected chi connectivity index (χ1v) is 20.4. The zero-order valence-corrected chi connectivity index (χ0v) is 32.8. The molecule has 1 N–H and O–H groups in total. The van der Waals surface area contributed by atoms with Crippen molar-refractivity contribution in [2.24, 2.45) is 0 Å². The molecule has 2 aliphatic rings. The van der Waals surface area contributed by atoms with E-state index in [0.29, 0.717) is 30.1 Å². The molecule has 290 valence electrons. The van der Waals surface area contributed by atoms with E-state index in [1.807, 2.05) is 43.9 Å². The minimum atomic E-state index is -4.33. The third-order valence-corrected chi connectivity index (χ3v) is 11.6. The monoisotopic (exact) mass is 763 g/mol. The lowest BCUT2D eigenvalue weighted by molar-refractivity contribution is -0.149. The third kappa shape index (κ3) is 8.80. The molecule has 2 aromatic carbocycles. The molecule has 6 rings (SSSR count). The lowest BCUT2D eigenvalue weighted by atomic mass is 9.85. The van der Waals surface area contributed by atoms with Crippen LogP contribution in [0.1, 0.15) is 114 Å². The first-order valence-electron chi connectivity index (χ1n) is 18.9. The Hall–Kier alpha value is -4.32. The lowest BCUT2D eigenvalue weighted by Gasteiger charge is -2.45. The smallest absolute Gasteiger partial charge is 0.461 e. The molecule has 0 unspecified atom stereocenters. The summed E-state index contributed by atoms with van der Waals surface area (Å²) in [5.41, 5.74) is 1.11. The predicted molar refractivity (Wildman–Crippen MR) is 203 cm³/mol. The fourth-order valence-corrected chi connectivity index (χ4v) is 8.90. The van der Waals surface area contributed by atoms with E-state index in [2.05, 4.69) is 10.1 Å². The molecule has 14 heteroatoms. The number of piperidine rings is 1. The van der Waals surface area contributed by atoms with Gasteiger partial charge in [0, 0.05) is 18.2 Å². The summed E-state index contributed by atoms with van der Waals surface area (Å²) in [4.78, 5) is 38.8. The lowest BCUT2D eigenvalue weighted by Crippen LogP contribution is -2.52. The van der Waals surface area contributed by atoms with Gasteiger partial charge in [-0.1, -0.05) is 37.1 Å². The molecule has 3 atom stereocenters. The average Bonchev–Trinajstić information content (AvgIpc) is 3.79. The van der Waals surface area contributed by atoms with E-state index in [4.69, 9.17) is 23.5 Å². The van der Waals surface area contributed by atoms with Crippen LogP contribution in [0.2, 0.25) is 0 Å². The van der Waals surface area contributed by atoms with Crippen LogP contribution >= 0.6 is 7.75 Å². The molecule has 1 saturated heterocycles. The largest absolute Gasteiger partial charge is 0.491 e. The number of rotatable bonds is 14. The number of hydrogen-bond donors (Lipinski definition) is 1. The molecule has 0 spiro atoms. The van der Waals surface area contributed by atoms with Gasteiger partial charge in [0.1, 0.15) is 35.9 Å². The molecular weight excluding hydrogens is 712 g/mol. The minimum absolute atomic E-state index is 0.0708. The fraction of sp³-hybridized carbons (Fsp3) is 0.500. The number of fused-ring (bicyclic) bond motifs is 1. The Labute approximate surface area is 316 Å². The summed E-state index contributed by atoms with van der Waals surface area (Å²) in [5, 5.41) is 2.71. The van der Waals surface area contributed by atoms with Crippen molar-refractivity contribution in [3.8, 4) is 11.5 Å². The predicted octanol–water partition coefficient (Wildman–Crippen LogP) is 8.65.